The fourth-order valence-corrected chi connectivity index (χ4v) is 3.75. The van der Waals surface area contributed by atoms with Gasteiger partial charge in [-0.15, -0.1) is 11.6 Å². The Bertz CT molecular complexity index is 1000. The van der Waals surface area contributed by atoms with Crippen molar-refractivity contribution in [2.75, 3.05) is 18.3 Å². The molecule has 26 heavy (non-hydrogen) atoms. The Labute approximate surface area is 157 Å². The van der Waals surface area contributed by atoms with Gasteiger partial charge in [-0.25, -0.2) is 4.79 Å². The molecule has 0 spiro atoms. The lowest BCUT2D eigenvalue weighted by molar-refractivity contribution is 0.0601. The summed E-state index contributed by atoms with van der Waals surface area (Å²) >= 11 is 5.83. The first-order valence-electron chi connectivity index (χ1n) is 8.71. The van der Waals surface area contributed by atoms with E-state index in [0.29, 0.717) is 17.9 Å². The fourth-order valence-electron chi connectivity index (χ4n) is 3.56. The van der Waals surface area contributed by atoms with Crippen LogP contribution in [-0.4, -0.2) is 23.9 Å². The lowest BCUT2D eigenvalue weighted by atomic mass is 9.92. The molecule has 2 heterocycles. The molecule has 0 bridgehead atoms. The Morgan fingerprint density at radius 2 is 1.92 bits per heavy atom. The predicted octanol–water partition coefficient (Wildman–Crippen LogP) is 5.31. The Balaban J connectivity index is 2.01. The number of fused-ring (bicyclic) bond motifs is 2. The lowest BCUT2D eigenvalue weighted by Crippen LogP contribution is -2.12. The molecule has 1 N–H and O–H groups in total. The number of rotatable bonds is 5. The monoisotopic (exact) mass is 366 g/mol. The third-order valence-electron chi connectivity index (χ3n) is 4.74. The number of carbonyl (C=O) groups excluding carboxylic acids is 1. The van der Waals surface area contributed by atoms with Gasteiger partial charge >= 0.3 is 5.97 Å². The maximum atomic E-state index is 12.5. The topological polar surface area (TPSA) is 51.2 Å². The van der Waals surface area contributed by atoms with Crippen molar-refractivity contribution in [1.29, 1.82) is 0 Å². The molecule has 0 unspecified atom stereocenters. The fraction of sp³-hybridized carbons (Fsp3) is 0.238. The quantitative estimate of drug-likeness (QED) is 0.295. The number of nitrogens with zero attached hydrogens (tertiary/aromatic N) is 1. The van der Waals surface area contributed by atoms with E-state index in [1.807, 2.05) is 36.4 Å². The van der Waals surface area contributed by atoms with Gasteiger partial charge in [0.25, 0.3) is 0 Å². The largest absolute Gasteiger partial charge is 0.465 e. The highest BCUT2D eigenvalue weighted by Gasteiger charge is 2.25. The van der Waals surface area contributed by atoms with Crippen LogP contribution in [0.3, 0.4) is 0 Å². The van der Waals surface area contributed by atoms with Crippen LogP contribution in [0.15, 0.2) is 42.5 Å². The number of ether oxygens (including phenoxy) is 1. The number of methoxy groups -OCH3 is 1. The standard InChI is InChI=1S/C21H19ClN2O2/c1-26-21(25)19-14-8-6-11-16-18(14)20(24-17(19)10-4-5-12-22)13-7-2-3-9-15(13)23-16/h2-3,6-9,11,23H,4-5,10,12H2,1H3. The normalized spacial score (nSPS) is 11.8. The zero-order chi connectivity index (χ0) is 18.1. The van der Waals surface area contributed by atoms with Gasteiger partial charge in [0.1, 0.15) is 0 Å². The molecular formula is C21H19ClN2O2. The molecule has 0 fully saturated rings. The number of esters is 1. The van der Waals surface area contributed by atoms with E-state index in [1.165, 1.54) is 7.11 Å². The van der Waals surface area contributed by atoms with Crippen molar-refractivity contribution < 1.29 is 9.53 Å². The van der Waals surface area contributed by atoms with Gasteiger partial charge in [0.2, 0.25) is 0 Å². The van der Waals surface area contributed by atoms with Crippen molar-refractivity contribution in [2.45, 2.75) is 19.3 Å². The molecular weight excluding hydrogens is 348 g/mol. The Kier molecular flexibility index (Phi) is 4.51. The van der Waals surface area contributed by atoms with Crippen LogP contribution in [0.2, 0.25) is 0 Å². The van der Waals surface area contributed by atoms with Gasteiger partial charge < -0.3 is 10.1 Å². The number of alkyl halides is 1. The molecule has 0 aliphatic carbocycles. The summed E-state index contributed by atoms with van der Waals surface area (Å²) in [4.78, 5) is 17.5. The number of pyridine rings is 1. The zero-order valence-electron chi connectivity index (χ0n) is 14.5. The first-order valence-corrected chi connectivity index (χ1v) is 9.24. The van der Waals surface area contributed by atoms with Gasteiger partial charge in [-0.05, 0) is 31.4 Å². The number of unbranched alkanes of at least 4 members (excludes halogenated alkanes) is 1. The van der Waals surface area contributed by atoms with Crippen LogP contribution in [0.25, 0.3) is 22.0 Å². The van der Waals surface area contributed by atoms with Gasteiger partial charge in [0.15, 0.2) is 0 Å². The molecule has 1 aliphatic heterocycles. The number of aryl methyl sites for hydroxylation is 1. The first kappa shape index (κ1) is 16.9. The van der Waals surface area contributed by atoms with E-state index in [-0.39, 0.29) is 5.97 Å². The number of para-hydroxylation sites is 1. The molecule has 0 amide bonds. The van der Waals surface area contributed by atoms with E-state index in [2.05, 4.69) is 11.4 Å². The molecule has 3 aromatic rings. The van der Waals surface area contributed by atoms with Crippen LogP contribution < -0.4 is 5.32 Å². The number of aromatic nitrogens is 1. The minimum atomic E-state index is -0.346. The van der Waals surface area contributed by atoms with E-state index < -0.39 is 0 Å². The molecule has 2 aromatic carbocycles. The van der Waals surface area contributed by atoms with Crippen molar-refractivity contribution in [3.05, 3.63) is 53.7 Å². The van der Waals surface area contributed by atoms with Crippen molar-refractivity contribution in [3.63, 3.8) is 0 Å². The zero-order valence-corrected chi connectivity index (χ0v) is 15.3. The molecule has 1 aliphatic rings. The minimum Gasteiger partial charge on any atom is -0.465 e. The third-order valence-corrected chi connectivity index (χ3v) is 5.01. The average Bonchev–Trinajstić information content (AvgIpc) is 2.68. The van der Waals surface area contributed by atoms with E-state index in [9.17, 15) is 4.79 Å². The lowest BCUT2D eigenvalue weighted by Gasteiger charge is -2.23. The maximum absolute atomic E-state index is 12.5. The van der Waals surface area contributed by atoms with Crippen molar-refractivity contribution in [3.8, 4) is 11.3 Å². The first-order chi connectivity index (χ1) is 12.7. The number of hydrogen-bond acceptors (Lipinski definition) is 4. The number of halogens is 1. The smallest absolute Gasteiger partial charge is 0.340 e. The summed E-state index contributed by atoms with van der Waals surface area (Å²) in [6, 6.07) is 14.0. The van der Waals surface area contributed by atoms with Crippen molar-refractivity contribution in [1.82, 2.24) is 4.98 Å². The van der Waals surface area contributed by atoms with Gasteiger partial charge in [-0.1, -0.05) is 30.3 Å². The van der Waals surface area contributed by atoms with E-state index in [0.717, 1.165) is 51.9 Å². The Hall–Kier alpha value is -2.59. The van der Waals surface area contributed by atoms with E-state index in [4.69, 9.17) is 21.3 Å². The Morgan fingerprint density at radius 3 is 2.73 bits per heavy atom. The van der Waals surface area contributed by atoms with Gasteiger partial charge in [0.05, 0.1) is 24.1 Å². The molecule has 4 rings (SSSR count). The van der Waals surface area contributed by atoms with E-state index >= 15 is 0 Å². The maximum Gasteiger partial charge on any atom is 0.340 e. The Morgan fingerprint density at radius 1 is 1.12 bits per heavy atom. The van der Waals surface area contributed by atoms with Crippen LogP contribution in [-0.2, 0) is 11.2 Å². The number of anilines is 2. The summed E-state index contributed by atoms with van der Waals surface area (Å²) in [5, 5.41) is 5.29. The second-order valence-corrected chi connectivity index (χ2v) is 6.70. The predicted molar refractivity (Wildman–Crippen MR) is 105 cm³/mol. The number of hydrogen-bond donors (Lipinski definition) is 1. The van der Waals surface area contributed by atoms with Gasteiger partial charge in [0, 0.05) is 33.6 Å². The summed E-state index contributed by atoms with van der Waals surface area (Å²) in [6.45, 7) is 0. The summed E-state index contributed by atoms with van der Waals surface area (Å²) in [6.07, 6.45) is 2.46. The average molecular weight is 367 g/mol. The molecule has 5 heteroatoms. The molecule has 0 saturated carbocycles. The highest BCUT2D eigenvalue weighted by molar-refractivity contribution is 6.18. The molecule has 0 saturated heterocycles. The summed E-state index contributed by atoms with van der Waals surface area (Å²) < 4.78 is 5.07. The number of nitrogens with one attached hydrogen (secondary N) is 1. The summed E-state index contributed by atoms with van der Waals surface area (Å²) in [5.41, 5.74) is 5.28. The number of carbonyl (C=O) groups is 1. The highest BCUT2D eigenvalue weighted by Crippen LogP contribution is 2.44. The van der Waals surface area contributed by atoms with Crippen LogP contribution >= 0.6 is 11.6 Å². The third kappa shape index (κ3) is 2.71. The molecule has 1 aromatic heterocycles. The summed E-state index contributed by atoms with van der Waals surface area (Å²) in [7, 11) is 1.41. The van der Waals surface area contributed by atoms with Crippen molar-refractivity contribution in [2.24, 2.45) is 0 Å². The molecule has 132 valence electrons. The van der Waals surface area contributed by atoms with Crippen molar-refractivity contribution >= 4 is 39.7 Å². The van der Waals surface area contributed by atoms with Crippen LogP contribution in [0.4, 0.5) is 11.4 Å². The minimum absolute atomic E-state index is 0.346. The van der Waals surface area contributed by atoms with Crippen LogP contribution in [0.5, 0.6) is 0 Å². The molecule has 4 nitrogen and oxygen atoms in total. The molecule has 0 radical (unpaired) electrons. The number of benzene rings is 2. The van der Waals surface area contributed by atoms with E-state index in [1.54, 1.807) is 0 Å². The van der Waals surface area contributed by atoms with Crippen LogP contribution in [0, 0.1) is 0 Å². The van der Waals surface area contributed by atoms with Gasteiger partial charge in [-0.2, -0.15) is 0 Å². The second-order valence-electron chi connectivity index (χ2n) is 6.32. The summed E-state index contributed by atoms with van der Waals surface area (Å²) in [5.74, 6) is 0.256. The van der Waals surface area contributed by atoms with Crippen LogP contribution in [0.1, 0.15) is 28.9 Å². The second kappa shape index (κ2) is 6.96. The highest BCUT2D eigenvalue weighted by atomic mass is 35.5. The van der Waals surface area contributed by atoms with Gasteiger partial charge in [-0.3, -0.25) is 4.98 Å². The SMILES string of the molecule is COC(=O)c1c(CCCCCl)nc2c3c(cccc13)Nc1ccccc1-2. The molecule has 0 atom stereocenters.